The van der Waals surface area contributed by atoms with Crippen molar-refractivity contribution < 1.29 is 13.9 Å². The van der Waals surface area contributed by atoms with Crippen LogP contribution in [0.15, 0.2) is 30.7 Å². The molecule has 0 unspecified atom stereocenters. The lowest BCUT2D eigenvalue weighted by Gasteiger charge is -2.08. The molecule has 1 aromatic heterocycles. The van der Waals surface area contributed by atoms with Crippen molar-refractivity contribution in [1.82, 2.24) is 9.55 Å². The Morgan fingerprint density at radius 3 is 3.00 bits per heavy atom. The Labute approximate surface area is 104 Å². The van der Waals surface area contributed by atoms with Crippen LogP contribution >= 0.6 is 0 Å². The zero-order chi connectivity index (χ0) is 13.0. The molecular weight excluding hydrogens is 235 g/mol. The molecule has 0 radical (unpaired) electrons. The van der Waals surface area contributed by atoms with Gasteiger partial charge in [-0.15, -0.1) is 0 Å². The molecular formula is C13H13FN2O2. The minimum atomic E-state index is -0.487. The highest BCUT2D eigenvalue weighted by atomic mass is 19.1. The summed E-state index contributed by atoms with van der Waals surface area (Å²) >= 11 is 0. The smallest absolute Gasteiger partial charge is 0.150 e. The molecule has 0 saturated heterocycles. The summed E-state index contributed by atoms with van der Waals surface area (Å²) in [4.78, 5) is 14.6. The number of aromatic nitrogens is 2. The van der Waals surface area contributed by atoms with Gasteiger partial charge in [-0.3, -0.25) is 4.79 Å². The molecule has 0 fully saturated rings. The first-order valence-corrected chi connectivity index (χ1v) is 5.60. The van der Waals surface area contributed by atoms with Gasteiger partial charge in [0, 0.05) is 18.2 Å². The van der Waals surface area contributed by atoms with Gasteiger partial charge in [0.1, 0.15) is 24.5 Å². The van der Waals surface area contributed by atoms with Gasteiger partial charge in [-0.2, -0.15) is 0 Å². The van der Waals surface area contributed by atoms with Gasteiger partial charge < -0.3 is 9.30 Å². The van der Waals surface area contributed by atoms with Gasteiger partial charge in [-0.1, -0.05) is 0 Å². The molecule has 0 saturated carbocycles. The van der Waals surface area contributed by atoms with Gasteiger partial charge in [-0.25, -0.2) is 9.37 Å². The van der Waals surface area contributed by atoms with E-state index in [0.29, 0.717) is 12.0 Å². The molecule has 0 spiro atoms. The summed E-state index contributed by atoms with van der Waals surface area (Å²) in [5.74, 6) is -0.153. The average Bonchev–Trinajstić information content (AvgIpc) is 2.83. The number of ether oxygens (including phenoxy) is 1. The number of rotatable bonds is 5. The summed E-state index contributed by atoms with van der Waals surface area (Å²) in [6.45, 7) is 3.08. The van der Waals surface area contributed by atoms with Crippen LogP contribution in [0.25, 0.3) is 0 Å². The van der Waals surface area contributed by atoms with E-state index in [9.17, 15) is 9.18 Å². The van der Waals surface area contributed by atoms with Gasteiger partial charge in [0.2, 0.25) is 0 Å². The van der Waals surface area contributed by atoms with Crippen molar-refractivity contribution in [2.75, 3.05) is 0 Å². The topological polar surface area (TPSA) is 44.1 Å². The van der Waals surface area contributed by atoms with Crippen LogP contribution in [-0.4, -0.2) is 15.8 Å². The molecule has 94 valence electrons. The number of imidazole rings is 1. The molecule has 0 bridgehead atoms. The maximum Gasteiger partial charge on any atom is 0.150 e. The second kappa shape index (κ2) is 5.44. The normalized spacial score (nSPS) is 10.3. The summed E-state index contributed by atoms with van der Waals surface area (Å²) in [5.41, 5.74) is 1.16. The molecule has 0 amide bonds. The number of benzene rings is 1. The Morgan fingerprint density at radius 2 is 2.28 bits per heavy atom. The minimum absolute atomic E-state index is 0.258. The Balaban J connectivity index is 2.10. The van der Waals surface area contributed by atoms with Crippen LogP contribution in [0.1, 0.15) is 23.0 Å². The van der Waals surface area contributed by atoms with Crippen LogP contribution in [0.2, 0.25) is 0 Å². The third-order valence-electron chi connectivity index (χ3n) is 2.56. The van der Waals surface area contributed by atoms with Crippen molar-refractivity contribution in [3.8, 4) is 5.75 Å². The summed E-state index contributed by atoms with van der Waals surface area (Å²) in [5, 5.41) is 0. The molecule has 2 aromatic rings. The third-order valence-corrected chi connectivity index (χ3v) is 2.56. The molecule has 0 N–H and O–H groups in total. The number of halogens is 1. The molecule has 1 aromatic carbocycles. The van der Waals surface area contributed by atoms with Crippen molar-refractivity contribution >= 4 is 6.29 Å². The van der Waals surface area contributed by atoms with E-state index in [0.717, 1.165) is 18.3 Å². The second-order valence-electron chi connectivity index (χ2n) is 3.80. The highest BCUT2D eigenvalue weighted by Crippen LogP contribution is 2.16. The first kappa shape index (κ1) is 12.3. The minimum Gasteiger partial charge on any atom is -0.487 e. The molecule has 5 heteroatoms. The summed E-state index contributed by atoms with van der Waals surface area (Å²) in [6, 6.07) is 3.92. The van der Waals surface area contributed by atoms with E-state index in [2.05, 4.69) is 4.98 Å². The molecule has 0 aliphatic heterocycles. The predicted molar refractivity (Wildman–Crippen MR) is 64.0 cm³/mol. The fourth-order valence-corrected chi connectivity index (χ4v) is 1.65. The molecule has 4 nitrogen and oxygen atoms in total. The number of aryl methyl sites for hydroxylation is 1. The van der Waals surface area contributed by atoms with Crippen LogP contribution in [0.4, 0.5) is 4.39 Å². The second-order valence-corrected chi connectivity index (χ2v) is 3.80. The lowest BCUT2D eigenvalue weighted by atomic mass is 10.2. The van der Waals surface area contributed by atoms with Gasteiger partial charge in [0.05, 0.1) is 18.2 Å². The van der Waals surface area contributed by atoms with Crippen LogP contribution < -0.4 is 4.74 Å². The van der Waals surface area contributed by atoms with Gasteiger partial charge in [0.25, 0.3) is 0 Å². The Kier molecular flexibility index (Phi) is 3.72. The first-order valence-electron chi connectivity index (χ1n) is 5.60. The van der Waals surface area contributed by atoms with Gasteiger partial charge in [0.15, 0.2) is 0 Å². The molecule has 0 aliphatic carbocycles. The van der Waals surface area contributed by atoms with Crippen molar-refractivity contribution in [2.45, 2.75) is 20.1 Å². The Morgan fingerprint density at radius 1 is 1.44 bits per heavy atom. The first-order chi connectivity index (χ1) is 8.72. The van der Waals surface area contributed by atoms with E-state index in [1.807, 2.05) is 11.5 Å². The van der Waals surface area contributed by atoms with E-state index in [1.165, 1.54) is 12.1 Å². The van der Waals surface area contributed by atoms with Crippen LogP contribution in [-0.2, 0) is 13.2 Å². The number of aldehydes is 1. The van der Waals surface area contributed by atoms with Crippen LogP contribution in [0.5, 0.6) is 5.75 Å². The number of carbonyl (C=O) groups excluding carboxylic acids is 1. The quantitative estimate of drug-likeness (QED) is 0.763. The standard InChI is InChI=1S/C13H13FN2O2/c1-2-16-9-15-6-12(16)8-18-13-4-10(7-17)3-11(14)5-13/h3-7,9H,2,8H2,1H3. The van der Waals surface area contributed by atoms with E-state index in [4.69, 9.17) is 4.74 Å². The van der Waals surface area contributed by atoms with Crippen LogP contribution in [0.3, 0.4) is 0 Å². The van der Waals surface area contributed by atoms with E-state index in [-0.39, 0.29) is 12.2 Å². The monoisotopic (exact) mass is 248 g/mol. The number of carbonyl (C=O) groups is 1. The van der Waals surface area contributed by atoms with Crippen molar-refractivity contribution in [1.29, 1.82) is 0 Å². The van der Waals surface area contributed by atoms with E-state index < -0.39 is 5.82 Å². The number of hydrogen-bond donors (Lipinski definition) is 0. The summed E-state index contributed by atoms with van der Waals surface area (Å²) in [6.07, 6.45) is 4.00. The number of hydrogen-bond acceptors (Lipinski definition) is 3. The van der Waals surface area contributed by atoms with Crippen molar-refractivity contribution in [3.05, 3.63) is 47.8 Å². The van der Waals surface area contributed by atoms with E-state index in [1.54, 1.807) is 12.5 Å². The maximum atomic E-state index is 13.2. The fourth-order valence-electron chi connectivity index (χ4n) is 1.65. The van der Waals surface area contributed by atoms with Gasteiger partial charge >= 0.3 is 0 Å². The largest absolute Gasteiger partial charge is 0.487 e. The number of nitrogens with zero attached hydrogens (tertiary/aromatic N) is 2. The van der Waals surface area contributed by atoms with Crippen molar-refractivity contribution in [2.24, 2.45) is 0 Å². The molecule has 18 heavy (non-hydrogen) atoms. The lowest BCUT2D eigenvalue weighted by molar-refractivity contribution is 0.112. The van der Waals surface area contributed by atoms with Crippen LogP contribution in [0, 0.1) is 5.82 Å². The average molecular weight is 248 g/mol. The fraction of sp³-hybridized carbons (Fsp3) is 0.231. The van der Waals surface area contributed by atoms with E-state index >= 15 is 0 Å². The molecule has 1 heterocycles. The van der Waals surface area contributed by atoms with Gasteiger partial charge in [-0.05, 0) is 19.1 Å². The Hall–Kier alpha value is -2.17. The third kappa shape index (κ3) is 2.74. The summed E-state index contributed by atoms with van der Waals surface area (Å²) in [7, 11) is 0. The molecule has 2 rings (SSSR count). The maximum absolute atomic E-state index is 13.2. The Bertz CT molecular complexity index is 552. The lowest BCUT2D eigenvalue weighted by Crippen LogP contribution is -2.04. The summed E-state index contributed by atoms with van der Waals surface area (Å²) < 4.78 is 20.6. The zero-order valence-corrected chi connectivity index (χ0v) is 9.97. The molecule has 0 aliphatic rings. The highest BCUT2D eigenvalue weighted by Gasteiger charge is 2.04. The molecule has 0 atom stereocenters. The zero-order valence-electron chi connectivity index (χ0n) is 9.97. The highest BCUT2D eigenvalue weighted by molar-refractivity contribution is 5.75. The van der Waals surface area contributed by atoms with Crippen molar-refractivity contribution in [3.63, 3.8) is 0 Å². The SMILES string of the molecule is CCn1cncc1COc1cc(F)cc(C=O)c1. The predicted octanol–water partition coefficient (Wildman–Crippen LogP) is 2.43.